The van der Waals surface area contributed by atoms with E-state index in [1.54, 1.807) is 18.2 Å². The summed E-state index contributed by atoms with van der Waals surface area (Å²) in [5.74, 6) is -1.19. The maximum absolute atomic E-state index is 14.0. The van der Waals surface area contributed by atoms with Crippen molar-refractivity contribution in [3.05, 3.63) is 116 Å². The number of hydrogen-bond donors (Lipinski definition) is 3. The lowest BCUT2D eigenvalue weighted by Crippen LogP contribution is -2.46. The highest BCUT2D eigenvalue weighted by Gasteiger charge is 2.42. The van der Waals surface area contributed by atoms with Gasteiger partial charge in [0.15, 0.2) is 0 Å². The zero-order valence-electron chi connectivity index (χ0n) is 44.5. The van der Waals surface area contributed by atoms with Crippen LogP contribution in [0.15, 0.2) is 65.5 Å². The van der Waals surface area contributed by atoms with Crippen LogP contribution in [0.1, 0.15) is 149 Å². The van der Waals surface area contributed by atoms with Crippen LogP contribution >= 0.6 is 0 Å². The van der Waals surface area contributed by atoms with Gasteiger partial charge in [-0.25, -0.2) is 0 Å². The second-order valence-corrected chi connectivity index (χ2v) is 20.3. The SMILES string of the molecule is CCN(c1cc(-c2ccc(CN3CCN(CCCCCCCCCCCOc4cccc5c4C(=O)N(C(C=O)CCC(=O)NC)C5=O)CC3)cc2)cc(C(=O)NCc2c(C)cc(C)[nH]c2=O)c1C)C1CCOCC1. The number of nitrogens with one attached hydrogen (secondary N) is 3. The second-order valence-electron chi connectivity index (χ2n) is 20.3. The molecule has 1 atom stereocenters. The Morgan fingerprint density at radius 2 is 1.51 bits per heavy atom. The Morgan fingerprint density at radius 3 is 2.18 bits per heavy atom. The van der Waals surface area contributed by atoms with E-state index in [0.717, 1.165) is 130 Å². The van der Waals surface area contributed by atoms with Crippen molar-refractivity contribution in [3.63, 3.8) is 0 Å². The Morgan fingerprint density at radius 1 is 0.838 bits per heavy atom. The Bertz CT molecular complexity index is 2620. The van der Waals surface area contributed by atoms with E-state index >= 15 is 0 Å². The van der Waals surface area contributed by atoms with Crippen molar-refractivity contribution in [2.45, 2.75) is 136 Å². The van der Waals surface area contributed by atoms with Crippen molar-refractivity contribution < 1.29 is 33.4 Å². The van der Waals surface area contributed by atoms with Gasteiger partial charge >= 0.3 is 0 Å². The van der Waals surface area contributed by atoms with Crippen molar-refractivity contribution in [1.29, 1.82) is 0 Å². The monoisotopic (exact) mass is 1010 g/mol. The van der Waals surface area contributed by atoms with Gasteiger partial charge in [0.25, 0.3) is 23.3 Å². The normalized spacial score (nSPS) is 15.8. The average molecular weight is 1010 g/mol. The first-order valence-electron chi connectivity index (χ1n) is 27.2. The van der Waals surface area contributed by atoms with Crippen LogP contribution in [-0.4, -0.2) is 128 Å². The summed E-state index contributed by atoms with van der Waals surface area (Å²) in [6.07, 6.45) is 12.9. The van der Waals surface area contributed by atoms with Crippen molar-refractivity contribution >= 4 is 35.6 Å². The molecule has 3 aliphatic heterocycles. The molecule has 2 saturated heterocycles. The number of fused-ring (bicyclic) bond motifs is 1. The predicted molar refractivity (Wildman–Crippen MR) is 290 cm³/mol. The van der Waals surface area contributed by atoms with Gasteiger partial charge in [0.2, 0.25) is 5.91 Å². The average Bonchev–Trinajstić information content (AvgIpc) is 3.66. The van der Waals surface area contributed by atoms with Gasteiger partial charge in [-0.05, 0) is 124 Å². The molecule has 4 heterocycles. The van der Waals surface area contributed by atoms with E-state index in [1.807, 2.05) is 32.9 Å². The molecule has 398 valence electrons. The van der Waals surface area contributed by atoms with Crippen LogP contribution in [-0.2, 0) is 27.4 Å². The van der Waals surface area contributed by atoms with Crippen LogP contribution in [0.4, 0.5) is 5.69 Å². The highest BCUT2D eigenvalue weighted by atomic mass is 16.5. The van der Waals surface area contributed by atoms with Gasteiger partial charge in [0, 0.05) is 101 Å². The van der Waals surface area contributed by atoms with Gasteiger partial charge in [-0.1, -0.05) is 75.3 Å². The fraction of sp³-hybridized carbons (Fsp3) is 0.525. The van der Waals surface area contributed by atoms with Crippen molar-refractivity contribution in [3.8, 4) is 16.9 Å². The number of piperazine rings is 1. The number of pyridine rings is 1. The number of aromatic amines is 1. The van der Waals surface area contributed by atoms with E-state index in [0.29, 0.717) is 35.8 Å². The Kier molecular flexibility index (Phi) is 20.6. The number of carbonyl (C=O) groups excluding carboxylic acids is 5. The molecular formula is C59H79N7O8. The Labute approximate surface area is 437 Å². The van der Waals surface area contributed by atoms with E-state index < -0.39 is 17.9 Å². The minimum absolute atomic E-state index is 0.0297. The van der Waals surface area contributed by atoms with E-state index in [2.05, 4.69) is 67.6 Å². The van der Waals surface area contributed by atoms with Crippen LogP contribution in [0.2, 0.25) is 0 Å². The highest BCUT2D eigenvalue weighted by Crippen LogP contribution is 2.35. The molecular weight excluding hydrogens is 935 g/mol. The van der Waals surface area contributed by atoms with Crippen LogP contribution in [0.3, 0.4) is 0 Å². The summed E-state index contributed by atoms with van der Waals surface area (Å²) in [6.45, 7) is 17.2. The van der Waals surface area contributed by atoms with Gasteiger partial charge in [-0.2, -0.15) is 0 Å². The number of aromatic nitrogens is 1. The number of carbonyl (C=O) groups is 5. The number of ether oxygens (including phenoxy) is 2. The topological polar surface area (TPSA) is 174 Å². The molecule has 15 nitrogen and oxygen atoms in total. The number of anilines is 1. The summed E-state index contributed by atoms with van der Waals surface area (Å²) in [4.78, 5) is 88.2. The quantitative estimate of drug-likeness (QED) is 0.0298. The number of aldehydes is 1. The molecule has 0 bridgehead atoms. The molecule has 3 N–H and O–H groups in total. The van der Waals surface area contributed by atoms with Crippen LogP contribution in [0, 0.1) is 20.8 Å². The van der Waals surface area contributed by atoms with Crippen LogP contribution < -0.4 is 25.8 Å². The molecule has 2 fully saturated rings. The first-order valence-corrected chi connectivity index (χ1v) is 27.2. The zero-order chi connectivity index (χ0) is 52.6. The standard InChI is InChI=1S/C59H79N7O8/c1-6-65(47-25-33-73-34-26-47)52-37-46(36-50(43(52)4)56(69)61-38-51-41(2)35-42(3)62-57(51)70)45-21-19-44(20-22-45)39-64-30-28-63(29-31-64)27-14-12-10-8-7-9-11-13-15-32-74-53-18-16-17-49-55(53)59(72)66(58(49)71)48(40-67)23-24-54(68)60-5/h16-22,35-37,40,47-48H,6-15,23-34,38-39H2,1-5H3,(H,60,68)(H,61,69)(H,62,70). The molecule has 0 radical (unpaired) electrons. The maximum atomic E-state index is 14.0. The number of unbranched alkanes of at least 4 members (excludes halogenated alkanes) is 8. The Hall–Kier alpha value is -6.16. The molecule has 7 rings (SSSR count). The lowest BCUT2D eigenvalue weighted by molar-refractivity contribution is -0.121. The molecule has 3 aromatic carbocycles. The van der Waals surface area contributed by atoms with Crippen molar-refractivity contribution in [2.75, 3.05) is 71.0 Å². The third-order valence-corrected chi connectivity index (χ3v) is 15.2. The first-order chi connectivity index (χ1) is 35.9. The molecule has 1 aromatic heterocycles. The van der Waals surface area contributed by atoms with Gasteiger partial charge in [-0.3, -0.25) is 33.8 Å². The summed E-state index contributed by atoms with van der Waals surface area (Å²) < 4.78 is 11.7. The number of amides is 4. The maximum Gasteiger partial charge on any atom is 0.265 e. The molecule has 3 aliphatic rings. The first kappa shape index (κ1) is 55.6. The third-order valence-electron chi connectivity index (χ3n) is 15.2. The zero-order valence-corrected chi connectivity index (χ0v) is 44.5. The fourth-order valence-electron chi connectivity index (χ4n) is 10.8. The van der Waals surface area contributed by atoms with Crippen LogP contribution in [0.5, 0.6) is 5.75 Å². The number of imide groups is 1. The highest BCUT2D eigenvalue weighted by molar-refractivity contribution is 6.23. The molecule has 0 aliphatic carbocycles. The lowest BCUT2D eigenvalue weighted by atomic mass is 9.94. The molecule has 4 aromatic rings. The smallest absolute Gasteiger partial charge is 0.265 e. The second kappa shape index (κ2) is 27.4. The molecule has 74 heavy (non-hydrogen) atoms. The van der Waals surface area contributed by atoms with Crippen molar-refractivity contribution in [2.24, 2.45) is 0 Å². The van der Waals surface area contributed by atoms with E-state index in [1.165, 1.54) is 51.1 Å². The molecule has 1 unspecified atom stereocenters. The molecule has 15 heteroatoms. The Balaban J connectivity index is 0.796. The number of nitrogens with zero attached hydrogens (tertiary/aromatic N) is 4. The number of rotatable bonds is 27. The summed E-state index contributed by atoms with van der Waals surface area (Å²) in [7, 11) is 1.50. The van der Waals surface area contributed by atoms with Gasteiger partial charge in [0.1, 0.15) is 12.0 Å². The van der Waals surface area contributed by atoms with E-state index in [-0.39, 0.29) is 47.9 Å². The van der Waals surface area contributed by atoms with Crippen LogP contribution in [0.25, 0.3) is 11.1 Å². The number of hydrogen-bond acceptors (Lipinski definition) is 11. The third kappa shape index (κ3) is 14.4. The minimum Gasteiger partial charge on any atom is -0.493 e. The molecule has 0 spiro atoms. The largest absolute Gasteiger partial charge is 0.493 e. The predicted octanol–water partition coefficient (Wildman–Crippen LogP) is 8.30. The van der Waals surface area contributed by atoms with Gasteiger partial charge < -0.3 is 39.7 Å². The minimum atomic E-state index is -1.02. The fourth-order valence-corrected chi connectivity index (χ4v) is 10.8. The number of benzene rings is 3. The van der Waals surface area contributed by atoms with Gasteiger partial charge in [0.05, 0.1) is 23.8 Å². The lowest BCUT2D eigenvalue weighted by Gasteiger charge is -2.37. The number of aryl methyl sites for hydroxylation is 2. The van der Waals surface area contributed by atoms with E-state index in [4.69, 9.17) is 9.47 Å². The molecule has 4 amide bonds. The summed E-state index contributed by atoms with van der Waals surface area (Å²) in [5.41, 5.74) is 8.43. The van der Waals surface area contributed by atoms with Gasteiger partial charge in [-0.15, -0.1) is 0 Å². The summed E-state index contributed by atoms with van der Waals surface area (Å²) in [6, 6.07) is 19.3. The van der Waals surface area contributed by atoms with Crippen molar-refractivity contribution in [1.82, 2.24) is 30.3 Å². The summed E-state index contributed by atoms with van der Waals surface area (Å²) >= 11 is 0. The molecule has 0 saturated carbocycles. The summed E-state index contributed by atoms with van der Waals surface area (Å²) in [5, 5.41) is 5.57. The number of H-pyrrole nitrogens is 1. The van der Waals surface area contributed by atoms with E-state index in [9.17, 15) is 28.8 Å².